The number of hydrogen-bond acceptors (Lipinski definition) is 6. The van der Waals surface area contributed by atoms with Crippen LogP contribution in [0.4, 0.5) is 4.79 Å². The average Bonchev–Trinajstić information content (AvgIpc) is 2.92. The van der Waals surface area contributed by atoms with E-state index in [0.29, 0.717) is 15.6 Å². The van der Waals surface area contributed by atoms with Crippen molar-refractivity contribution in [2.24, 2.45) is 0 Å². The molecule has 0 atom stereocenters. The second kappa shape index (κ2) is 8.51. The van der Waals surface area contributed by atoms with E-state index in [4.69, 9.17) is 23.2 Å². The van der Waals surface area contributed by atoms with E-state index in [1.54, 1.807) is 24.3 Å². The molecule has 1 saturated heterocycles. The molecule has 2 heterocycles. The number of thioether (sulfide) groups is 1. The Morgan fingerprint density at radius 3 is 2.74 bits per heavy atom. The molecule has 0 radical (unpaired) electrons. The number of halogens is 2. The van der Waals surface area contributed by atoms with Crippen molar-refractivity contribution in [2.45, 2.75) is 0 Å². The van der Waals surface area contributed by atoms with Crippen LogP contribution < -0.4 is 5.32 Å². The average molecular weight is 423 g/mol. The molecule has 3 amide bonds. The molecule has 2 aromatic rings. The van der Waals surface area contributed by atoms with Crippen molar-refractivity contribution < 1.29 is 14.4 Å². The van der Waals surface area contributed by atoms with Crippen LogP contribution in [0.5, 0.6) is 0 Å². The normalized spacial score (nSPS) is 15.5. The molecule has 1 fully saturated rings. The van der Waals surface area contributed by atoms with Crippen LogP contribution >= 0.6 is 35.0 Å². The highest BCUT2D eigenvalue weighted by molar-refractivity contribution is 8.18. The van der Waals surface area contributed by atoms with Crippen LogP contribution in [0, 0.1) is 0 Å². The summed E-state index contributed by atoms with van der Waals surface area (Å²) in [5.41, 5.74) is 0.817. The van der Waals surface area contributed by atoms with Crippen LogP contribution in [0.2, 0.25) is 10.0 Å². The van der Waals surface area contributed by atoms with Gasteiger partial charge < -0.3 is 5.32 Å². The Kier molecular flexibility index (Phi) is 6.10. The number of amides is 3. The van der Waals surface area contributed by atoms with E-state index in [9.17, 15) is 14.4 Å². The molecule has 0 saturated carbocycles. The van der Waals surface area contributed by atoms with E-state index >= 15 is 0 Å². The minimum atomic E-state index is -0.429. The van der Waals surface area contributed by atoms with Gasteiger partial charge in [-0.15, -0.1) is 0 Å². The molecular formula is C17H12Cl2N4O3S. The van der Waals surface area contributed by atoms with Gasteiger partial charge in [-0.2, -0.15) is 0 Å². The molecule has 7 nitrogen and oxygen atoms in total. The van der Waals surface area contributed by atoms with E-state index in [1.807, 2.05) is 0 Å². The van der Waals surface area contributed by atoms with Crippen LogP contribution in [0.1, 0.15) is 16.1 Å². The molecular weight excluding hydrogens is 411 g/mol. The molecule has 0 unspecified atom stereocenters. The molecule has 0 aliphatic carbocycles. The summed E-state index contributed by atoms with van der Waals surface area (Å²) in [5, 5.41) is 2.96. The number of carbonyl (C=O) groups is 3. The lowest BCUT2D eigenvalue weighted by atomic mass is 10.2. The van der Waals surface area contributed by atoms with Gasteiger partial charge in [0.1, 0.15) is 5.69 Å². The predicted molar refractivity (Wildman–Crippen MR) is 104 cm³/mol. The SMILES string of the molecule is O=C(NCCN1C(=O)S/C(=C\c2ccc(Cl)c(Cl)c2)C1=O)c1cnccn1. The second-order valence-electron chi connectivity index (χ2n) is 5.35. The molecule has 27 heavy (non-hydrogen) atoms. The zero-order valence-electron chi connectivity index (χ0n) is 13.7. The molecule has 0 spiro atoms. The molecule has 138 valence electrons. The Hall–Kier alpha value is -2.42. The molecule has 1 aliphatic rings. The van der Waals surface area contributed by atoms with Crippen molar-refractivity contribution in [1.82, 2.24) is 20.2 Å². The molecule has 0 bridgehead atoms. The van der Waals surface area contributed by atoms with Gasteiger partial charge >= 0.3 is 0 Å². The summed E-state index contributed by atoms with van der Waals surface area (Å²) in [6, 6.07) is 4.92. The lowest BCUT2D eigenvalue weighted by Crippen LogP contribution is -2.37. The Bertz CT molecular complexity index is 937. The first-order valence-electron chi connectivity index (χ1n) is 7.70. The van der Waals surface area contributed by atoms with Crippen molar-refractivity contribution in [2.75, 3.05) is 13.1 Å². The Balaban J connectivity index is 1.61. The number of nitrogens with zero attached hydrogens (tertiary/aromatic N) is 3. The van der Waals surface area contributed by atoms with Gasteiger partial charge in [-0.3, -0.25) is 24.3 Å². The van der Waals surface area contributed by atoms with Crippen LogP contribution in [0.3, 0.4) is 0 Å². The molecule has 1 aliphatic heterocycles. The highest BCUT2D eigenvalue weighted by Crippen LogP contribution is 2.33. The third kappa shape index (κ3) is 4.65. The first kappa shape index (κ1) is 19.3. The van der Waals surface area contributed by atoms with Crippen molar-refractivity contribution in [1.29, 1.82) is 0 Å². The minimum Gasteiger partial charge on any atom is -0.349 e. The zero-order chi connectivity index (χ0) is 19.4. The lowest BCUT2D eigenvalue weighted by Gasteiger charge is -2.12. The molecule has 3 rings (SSSR count). The van der Waals surface area contributed by atoms with Gasteiger partial charge in [0.05, 0.1) is 21.1 Å². The van der Waals surface area contributed by atoms with Crippen LogP contribution in [0.25, 0.3) is 6.08 Å². The maximum absolute atomic E-state index is 12.4. The first-order valence-corrected chi connectivity index (χ1v) is 9.27. The van der Waals surface area contributed by atoms with Crippen molar-refractivity contribution >= 4 is 58.1 Å². The van der Waals surface area contributed by atoms with E-state index in [-0.39, 0.29) is 23.7 Å². The second-order valence-corrected chi connectivity index (χ2v) is 7.16. The Labute approximate surface area is 168 Å². The van der Waals surface area contributed by atoms with E-state index in [0.717, 1.165) is 16.7 Å². The number of benzene rings is 1. The maximum Gasteiger partial charge on any atom is 0.293 e. The van der Waals surface area contributed by atoms with Crippen LogP contribution in [-0.4, -0.2) is 45.0 Å². The van der Waals surface area contributed by atoms with Gasteiger partial charge in [-0.1, -0.05) is 29.3 Å². The van der Waals surface area contributed by atoms with Crippen LogP contribution in [-0.2, 0) is 4.79 Å². The van der Waals surface area contributed by atoms with Gasteiger partial charge in [-0.25, -0.2) is 4.98 Å². The third-order valence-electron chi connectivity index (χ3n) is 3.53. The quantitative estimate of drug-likeness (QED) is 0.743. The number of hydrogen-bond donors (Lipinski definition) is 1. The van der Waals surface area contributed by atoms with Crippen molar-refractivity contribution in [3.8, 4) is 0 Å². The fraction of sp³-hybridized carbons (Fsp3) is 0.118. The summed E-state index contributed by atoms with van der Waals surface area (Å²) in [6.07, 6.45) is 5.76. The number of rotatable bonds is 5. The fourth-order valence-corrected chi connectivity index (χ4v) is 3.41. The summed E-state index contributed by atoms with van der Waals surface area (Å²) < 4.78 is 0. The highest BCUT2D eigenvalue weighted by atomic mass is 35.5. The van der Waals surface area contributed by atoms with Gasteiger partial charge in [0.25, 0.3) is 17.1 Å². The predicted octanol–water partition coefficient (Wildman–Crippen LogP) is 3.25. The number of aromatic nitrogens is 2. The standard InChI is InChI=1S/C17H12Cl2N4O3S/c18-11-2-1-10(7-12(11)19)8-14-16(25)23(17(26)27-14)6-5-22-15(24)13-9-20-3-4-21-13/h1-4,7-9H,5-6H2,(H,22,24)/b14-8-. The summed E-state index contributed by atoms with van der Waals surface area (Å²) in [7, 11) is 0. The fourth-order valence-electron chi connectivity index (χ4n) is 2.23. The third-order valence-corrected chi connectivity index (χ3v) is 5.18. The topological polar surface area (TPSA) is 92.3 Å². The summed E-state index contributed by atoms with van der Waals surface area (Å²) in [6.45, 7) is 0.156. The monoisotopic (exact) mass is 422 g/mol. The van der Waals surface area contributed by atoms with Crippen LogP contribution in [0.15, 0.2) is 41.7 Å². The van der Waals surface area contributed by atoms with Gasteiger partial charge in [0.15, 0.2) is 0 Å². The Morgan fingerprint density at radius 1 is 1.22 bits per heavy atom. The van der Waals surface area contributed by atoms with Gasteiger partial charge in [0, 0.05) is 25.5 Å². The first-order chi connectivity index (χ1) is 13.0. The van der Waals surface area contributed by atoms with E-state index in [1.165, 1.54) is 18.6 Å². The molecule has 10 heteroatoms. The largest absolute Gasteiger partial charge is 0.349 e. The number of imide groups is 1. The van der Waals surface area contributed by atoms with E-state index < -0.39 is 17.1 Å². The van der Waals surface area contributed by atoms with Crippen molar-refractivity contribution in [3.05, 3.63) is 63.0 Å². The van der Waals surface area contributed by atoms with Crippen molar-refractivity contribution in [3.63, 3.8) is 0 Å². The highest BCUT2D eigenvalue weighted by Gasteiger charge is 2.34. The van der Waals surface area contributed by atoms with Gasteiger partial charge in [-0.05, 0) is 35.5 Å². The number of carbonyl (C=O) groups excluding carboxylic acids is 3. The maximum atomic E-state index is 12.4. The lowest BCUT2D eigenvalue weighted by molar-refractivity contribution is -0.122. The molecule has 1 aromatic heterocycles. The summed E-state index contributed by atoms with van der Waals surface area (Å²) in [5.74, 6) is -0.855. The minimum absolute atomic E-state index is 0.0510. The molecule has 1 aromatic carbocycles. The summed E-state index contributed by atoms with van der Waals surface area (Å²) >= 11 is 12.7. The summed E-state index contributed by atoms with van der Waals surface area (Å²) in [4.78, 5) is 45.5. The van der Waals surface area contributed by atoms with Gasteiger partial charge in [0.2, 0.25) is 0 Å². The Morgan fingerprint density at radius 2 is 2.04 bits per heavy atom. The zero-order valence-corrected chi connectivity index (χ0v) is 16.0. The van der Waals surface area contributed by atoms with E-state index in [2.05, 4.69) is 15.3 Å². The smallest absolute Gasteiger partial charge is 0.293 e. The number of nitrogens with one attached hydrogen (secondary N) is 1. The molecule has 1 N–H and O–H groups in total.